The first-order valence-electron chi connectivity index (χ1n) is 6.89. The molecule has 4 heterocycles. The molecule has 0 aromatic carbocycles. The molecule has 0 aliphatic carbocycles. The SMILES string of the molecule is FC(F)Cc1ccc2c(-c3ccc4nccn4c3)c[nH]c2n1. The molecule has 4 aromatic heterocycles. The Kier molecular flexibility index (Phi) is 2.89. The Bertz CT molecular complexity index is 955. The maximum absolute atomic E-state index is 12.4. The van der Waals surface area contributed by atoms with Crippen molar-refractivity contribution in [3.8, 4) is 11.1 Å². The van der Waals surface area contributed by atoms with Crippen LogP contribution in [0.25, 0.3) is 27.8 Å². The molecule has 0 atom stereocenters. The number of aromatic nitrogens is 4. The fourth-order valence-corrected chi connectivity index (χ4v) is 2.64. The fraction of sp³-hybridized carbons (Fsp3) is 0.125. The summed E-state index contributed by atoms with van der Waals surface area (Å²) in [4.78, 5) is 11.5. The van der Waals surface area contributed by atoms with Crippen molar-refractivity contribution < 1.29 is 8.78 Å². The zero-order valence-corrected chi connectivity index (χ0v) is 11.5. The number of fused-ring (bicyclic) bond motifs is 2. The average Bonchev–Trinajstić information content (AvgIpc) is 3.11. The molecule has 0 aliphatic heterocycles. The number of nitrogens with zero attached hydrogens (tertiary/aromatic N) is 3. The van der Waals surface area contributed by atoms with Crippen LogP contribution in [0.5, 0.6) is 0 Å². The minimum Gasteiger partial charge on any atom is -0.346 e. The maximum atomic E-state index is 12.4. The van der Waals surface area contributed by atoms with Crippen LogP contribution in [0, 0.1) is 0 Å². The van der Waals surface area contributed by atoms with Crippen LogP contribution in [-0.4, -0.2) is 25.8 Å². The molecule has 0 saturated heterocycles. The Balaban J connectivity index is 1.81. The third-order valence-corrected chi connectivity index (χ3v) is 3.66. The summed E-state index contributed by atoms with van der Waals surface area (Å²) < 4.78 is 26.8. The molecule has 0 aliphatic rings. The summed E-state index contributed by atoms with van der Waals surface area (Å²) in [5, 5.41) is 0.914. The Morgan fingerprint density at radius 1 is 1.18 bits per heavy atom. The lowest BCUT2D eigenvalue weighted by Gasteiger charge is -2.03. The lowest BCUT2D eigenvalue weighted by atomic mass is 10.1. The molecule has 0 bridgehead atoms. The van der Waals surface area contributed by atoms with Gasteiger partial charge in [-0.1, -0.05) is 0 Å². The number of imidazole rings is 1. The van der Waals surface area contributed by atoms with E-state index in [-0.39, 0.29) is 6.42 Å². The summed E-state index contributed by atoms with van der Waals surface area (Å²) >= 11 is 0. The normalized spacial score (nSPS) is 11.8. The van der Waals surface area contributed by atoms with Gasteiger partial charge in [0.1, 0.15) is 11.3 Å². The standard InChI is InChI=1S/C16H12F2N4/c17-14(18)7-11-2-3-12-13(8-20-16(12)21-11)10-1-4-15-19-5-6-22(15)9-10/h1-6,8-9,14H,7H2,(H,20,21). The quantitative estimate of drug-likeness (QED) is 0.627. The lowest BCUT2D eigenvalue weighted by Crippen LogP contribution is -1.99. The van der Waals surface area contributed by atoms with Gasteiger partial charge in [-0.25, -0.2) is 18.7 Å². The van der Waals surface area contributed by atoms with Crippen LogP contribution in [0.1, 0.15) is 5.69 Å². The number of aromatic amines is 1. The van der Waals surface area contributed by atoms with Gasteiger partial charge in [0.25, 0.3) is 0 Å². The zero-order chi connectivity index (χ0) is 15.1. The first-order valence-corrected chi connectivity index (χ1v) is 6.89. The Hall–Kier alpha value is -2.76. The van der Waals surface area contributed by atoms with Gasteiger partial charge >= 0.3 is 0 Å². The minimum atomic E-state index is -2.39. The van der Waals surface area contributed by atoms with E-state index < -0.39 is 6.43 Å². The number of nitrogens with one attached hydrogen (secondary N) is 1. The lowest BCUT2D eigenvalue weighted by molar-refractivity contribution is 0.148. The van der Waals surface area contributed by atoms with Crippen LogP contribution in [0.3, 0.4) is 0 Å². The molecule has 0 spiro atoms. The Morgan fingerprint density at radius 2 is 2.09 bits per heavy atom. The van der Waals surface area contributed by atoms with Crippen LogP contribution in [0.15, 0.2) is 49.1 Å². The molecule has 4 rings (SSSR count). The highest BCUT2D eigenvalue weighted by atomic mass is 19.3. The van der Waals surface area contributed by atoms with Gasteiger partial charge in [-0.05, 0) is 24.3 Å². The van der Waals surface area contributed by atoms with E-state index in [9.17, 15) is 8.78 Å². The van der Waals surface area contributed by atoms with E-state index in [0.717, 1.165) is 22.2 Å². The molecule has 4 aromatic rings. The number of hydrogen-bond donors (Lipinski definition) is 1. The molecule has 6 heteroatoms. The predicted octanol–water partition coefficient (Wildman–Crippen LogP) is 3.69. The molecule has 0 amide bonds. The van der Waals surface area contributed by atoms with E-state index in [0.29, 0.717) is 11.3 Å². The summed E-state index contributed by atoms with van der Waals surface area (Å²) in [6, 6.07) is 7.41. The number of H-pyrrole nitrogens is 1. The Morgan fingerprint density at radius 3 is 2.95 bits per heavy atom. The van der Waals surface area contributed by atoms with Gasteiger partial charge in [-0.15, -0.1) is 0 Å². The van der Waals surface area contributed by atoms with Crippen molar-refractivity contribution in [2.45, 2.75) is 12.8 Å². The van der Waals surface area contributed by atoms with Crippen LogP contribution in [0.2, 0.25) is 0 Å². The number of halogens is 2. The number of alkyl halides is 2. The third kappa shape index (κ3) is 2.13. The van der Waals surface area contributed by atoms with Gasteiger partial charge in [0.05, 0.1) is 6.42 Å². The van der Waals surface area contributed by atoms with Crippen molar-refractivity contribution >= 4 is 16.7 Å². The smallest absolute Gasteiger partial charge is 0.244 e. The first-order chi connectivity index (χ1) is 10.7. The van der Waals surface area contributed by atoms with Crippen molar-refractivity contribution in [3.05, 3.63) is 54.7 Å². The van der Waals surface area contributed by atoms with Crippen LogP contribution < -0.4 is 0 Å². The summed E-state index contributed by atoms with van der Waals surface area (Å²) in [6.07, 6.45) is 4.74. The molecule has 4 nitrogen and oxygen atoms in total. The van der Waals surface area contributed by atoms with Crippen molar-refractivity contribution in [2.24, 2.45) is 0 Å². The fourth-order valence-electron chi connectivity index (χ4n) is 2.64. The van der Waals surface area contributed by atoms with E-state index in [2.05, 4.69) is 15.0 Å². The molecular formula is C16H12F2N4. The Labute approximate surface area is 124 Å². The minimum absolute atomic E-state index is 0.328. The van der Waals surface area contributed by atoms with Gasteiger partial charge in [0.15, 0.2) is 0 Å². The largest absolute Gasteiger partial charge is 0.346 e. The van der Waals surface area contributed by atoms with E-state index in [4.69, 9.17) is 0 Å². The second-order valence-electron chi connectivity index (χ2n) is 5.11. The maximum Gasteiger partial charge on any atom is 0.244 e. The van der Waals surface area contributed by atoms with Gasteiger partial charge in [-0.2, -0.15) is 0 Å². The van der Waals surface area contributed by atoms with Crippen LogP contribution in [-0.2, 0) is 6.42 Å². The second kappa shape index (κ2) is 4.91. The predicted molar refractivity (Wildman–Crippen MR) is 80.0 cm³/mol. The van der Waals surface area contributed by atoms with Crippen LogP contribution in [0.4, 0.5) is 8.78 Å². The van der Waals surface area contributed by atoms with Gasteiger partial charge < -0.3 is 9.38 Å². The molecule has 110 valence electrons. The van der Waals surface area contributed by atoms with Gasteiger partial charge in [-0.3, -0.25) is 0 Å². The monoisotopic (exact) mass is 298 g/mol. The number of pyridine rings is 2. The molecule has 0 fully saturated rings. The summed E-state index contributed by atoms with van der Waals surface area (Å²) in [5.74, 6) is 0. The van der Waals surface area contributed by atoms with Gasteiger partial charge in [0.2, 0.25) is 6.43 Å². The number of hydrogen-bond acceptors (Lipinski definition) is 2. The highest BCUT2D eigenvalue weighted by Crippen LogP contribution is 2.28. The van der Waals surface area contributed by atoms with Crippen molar-refractivity contribution in [1.82, 2.24) is 19.4 Å². The zero-order valence-electron chi connectivity index (χ0n) is 11.5. The second-order valence-corrected chi connectivity index (χ2v) is 5.11. The molecule has 0 unspecified atom stereocenters. The van der Waals surface area contributed by atoms with Crippen LogP contribution >= 0.6 is 0 Å². The van der Waals surface area contributed by atoms with Crippen molar-refractivity contribution in [1.29, 1.82) is 0 Å². The van der Waals surface area contributed by atoms with Crippen molar-refractivity contribution in [3.63, 3.8) is 0 Å². The van der Waals surface area contributed by atoms with Crippen molar-refractivity contribution in [2.75, 3.05) is 0 Å². The topological polar surface area (TPSA) is 46.0 Å². The highest BCUT2D eigenvalue weighted by Gasteiger charge is 2.11. The number of rotatable bonds is 3. The molecule has 22 heavy (non-hydrogen) atoms. The van der Waals surface area contributed by atoms with E-state index in [1.165, 1.54) is 0 Å². The van der Waals surface area contributed by atoms with Gasteiger partial charge in [0, 0.05) is 47.0 Å². The molecular weight excluding hydrogens is 286 g/mol. The summed E-state index contributed by atoms with van der Waals surface area (Å²) in [5.41, 5.74) is 3.89. The third-order valence-electron chi connectivity index (χ3n) is 3.66. The van der Waals surface area contributed by atoms with E-state index in [1.807, 2.05) is 41.2 Å². The molecule has 0 radical (unpaired) electrons. The summed E-state index contributed by atoms with van der Waals surface area (Å²) in [6.45, 7) is 0. The first kappa shape index (κ1) is 12.9. The summed E-state index contributed by atoms with van der Waals surface area (Å²) in [7, 11) is 0. The molecule has 0 saturated carbocycles. The average molecular weight is 298 g/mol. The highest BCUT2D eigenvalue weighted by molar-refractivity contribution is 5.93. The van der Waals surface area contributed by atoms with E-state index >= 15 is 0 Å². The van der Waals surface area contributed by atoms with E-state index in [1.54, 1.807) is 12.3 Å². The molecule has 1 N–H and O–H groups in total.